The van der Waals surface area contributed by atoms with Gasteiger partial charge in [0.05, 0.1) is 5.52 Å². The van der Waals surface area contributed by atoms with Gasteiger partial charge in [-0.15, -0.1) is 0 Å². The van der Waals surface area contributed by atoms with E-state index in [1.165, 1.54) is 19.3 Å². The van der Waals surface area contributed by atoms with Crippen molar-refractivity contribution in [1.82, 2.24) is 9.97 Å². The third-order valence-corrected chi connectivity index (χ3v) is 3.67. The molecule has 0 bridgehead atoms. The van der Waals surface area contributed by atoms with Crippen molar-refractivity contribution in [3.63, 3.8) is 0 Å². The molecule has 1 aromatic heterocycles. The number of hydrogen-bond donors (Lipinski definition) is 1. The first-order chi connectivity index (χ1) is 7.74. The van der Waals surface area contributed by atoms with E-state index < -0.39 is 0 Å². The summed E-state index contributed by atoms with van der Waals surface area (Å²) >= 11 is 3.45. The minimum absolute atomic E-state index is 0.519. The zero-order valence-electron chi connectivity index (χ0n) is 8.78. The third kappa shape index (κ3) is 1.57. The smallest absolute Gasteiger partial charge is 0.135 e. The molecule has 1 aliphatic carbocycles. The minimum Gasteiger partial charge on any atom is -0.383 e. The first-order valence-corrected chi connectivity index (χ1v) is 6.26. The van der Waals surface area contributed by atoms with Gasteiger partial charge < -0.3 is 5.73 Å². The Balaban J connectivity index is 2.18. The number of nitrogens with two attached hydrogens (primary N) is 1. The minimum atomic E-state index is 0.519. The first kappa shape index (κ1) is 10.0. The number of nitrogens with zero attached hydrogens (tertiary/aromatic N) is 2. The summed E-state index contributed by atoms with van der Waals surface area (Å²) in [5, 5.41) is 0.936. The Morgan fingerprint density at radius 1 is 1.25 bits per heavy atom. The summed E-state index contributed by atoms with van der Waals surface area (Å²) < 4.78 is 1.03. The topological polar surface area (TPSA) is 51.8 Å². The van der Waals surface area contributed by atoms with Crippen molar-refractivity contribution in [2.75, 3.05) is 5.73 Å². The van der Waals surface area contributed by atoms with E-state index in [0.717, 1.165) is 21.2 Å². The summed E-state index contributed by atoms with van der Waals surface area (Å²) in [6, 6.07) is 5.92. The molecule has 0 unspecified atom stereocenters. The van der Waals surface area contributed by atoms with E-state index in [4.69, 9.17) is 5.73 Å². The SMILES string of the molecule is Nc1nc(C2CCC2)nc2cc(Br)ccc12. The number of nitrogen functional groups attached to an aromatic ring is 1. The van der Waals surface area contributed by atoms with Gasteiger partial charge in [0.15, 0.2) is 0 Å². The Bertz CT molecular complexity index is 549. The summed E-state index contributed by atoms with van der Waals surface area (Å²) in [4.78, 5) is 9.00. The van der Waals surface area contributed by atoms with Gasteiger partial charge in [0.2, 0.25) is 0 Å². The van der Waals surface area contributed by atoms with Crippen LogP contribution in [0.1, 0.15) is 31.0 Å². The second-order valence-corrected chi connectivity index (χ2v) is 5.17. The number of anilines is 1. The Morgan fingerprint density at radius 3 is 2.75 bits per heavy atom. The zero-order chi connectivity index (χ0) is 11.1. The van der Waals surface area contributed by atoms with Crippen LogP contribution in [-0.2, 0) is 0 Å². The Hall–Kier alpha value is -1.16. The molecule has 1 heterocycles. The molecule has 1 saturated carbocycles. The molecule has 0 radical (unpaired) electrons. The molecular weight excluding hydrogens is 266 g/mol. The summed E-state index contributed by atoms with van der Waals surface area (Å²) in [6.45, 7) is 0. The molecule has 2 N–H and O–H groups in total. The molecule has 0 aliphatic heterocycles. The second kappa shape index (κ2) is 3.70. The summed E-state index contributed by atoms with van der Waals surface area (Å²) in [6.07, 6.45) is 3.67. The zero-order valence-corrected chi connectivity index (χ0v) is 10.4. The van der Waals surface area contributed by atoms with E-state index in [-0.39, 0.29) is 0 Å². The Kier molecular flexibility index (Phi) is 2.32. The van der Waals surface area contributed by atoms with Crippen LogP contribution in [0.4, 0.5) is 5.82 Å². The standard InChI is InChI=1S/C12H12BrN3/c13-8-4-5-9-10(6-8)15-12(16-11(9)14)7-2-1-3-7/h4-7H,1-3H2,(H2,14,15,16). The van der Waals surface area contributed by atoms with Crippen molar-refractivity contribution in [3.05, 3.63) is 28.5 Å². The molecule has 4 heteroatoms. The normalized spacial score (nSPS) is 16.3. The van der Waals surface area contributed by atoms with E-state index in [1.807, 2.05) is 18.2 Å². The van der Waals surface area contributed by atoms with Gasteiger partial charge >= 0.3 is 0 Å². The Labute approximate surface area is 102 Å². The predicted molar refractivity (Wildman–Crippen MR) is 68.2 cm³/mol. The number of benzene rings is 1. The van der Waals surface area contributed by atoms with Crippen LogP contribution in [0.2, 0.25) is 0 Å². The van der Waals surface area contributed by atoms with Gasteiger partial charge in [-0.3, -0.25) is 0 Å². The quantitative estimate of drug-likeness (QED) is 0.871. The highest BCUT2D eigenvalue weighted by Gasteiger charge is 2.23. The molecule has 3 nitrogen and oxygen atoms in total. The molecule has 1 fully saturated rings. The molecule has 82 valence electrons. The van der Waals surface area contributed by atoms with Crippen molar-refractivity contribution < 1.29 is 0 Å². The highest BCUT2D eigenvalue weighted by Crippen LogP contribution is 2.35. The molecule has 0 atom stereocenters. The molecule has 1 aliphatic rings. The molecule has 0 amide bonds. The number of fused-ring (bicyclic) bond motifs is 1. The van der Waals surface area contributed by atoms with Crippen LogP contribution < -0.4 is 5.73 Å². The van der Waals surface area contributed by atoms with E-state index in [2.05, 4.69) is 25.9 Å². The molecular formula is C12H12BrN3. The Morgan fingerprint density at radius 2 is 2.06 bits per heavy atom. The average molecular weight is 278 g/mol. The van der Waals surface area contributed by atoms with Crippen molar-refractivity contribution in [1.29, 1.82) is 0 Å². The molecule has 1 aromatic carbocycles. The lowest BCUT2D eigenvalue weighted by molar-refractivity contribution is 0.403. The fourth-order valence-electron chi connectivity index (χ4n) is 1.99. The molecule has 3 rings (SSSR count). The van der Waals surface area contributed by atoms with E-state index in [1.54, 1.807) is 0 Å². The fraction of sp³-hybridized carbons (Fsp3) is 0.333. The lowest BCUT2D eigenvalue weighted by atomic mass is 9.85. The van der Waals surface area contributed by atoms with Crippen LogP contribution >= 0.6 is 15.9 Å². The van der Waals surface area contributed by atoms with Gasteiger partial charge in [-0.05, 0) is 31.0 Å². The molecule has 0 saturated heterocycles. The van der Waals surface area contributed by atoms with Gasteiger partial charge in [0.25, 0.3) is 0 Å². The van der Waals surface area contributed by atoms with Gasteiger partial charge in [-0.25, -0.2) is 9.97 Å². The van der Waals surface area contributed by atoms with E-state index in [0.29, 0.717) is 11.7 Å². The average Bonchev–Trinajstić information content (AvgIpc) is 2.13. The van der Waals surface area contributed by atoms with Gasteiger partial charge in [0, 0.05) is 15.8 Å². The summed E-state index contributed by atoms with van der Waals surface area (Å²) in [5.74, 6) is 2.03. The van der Waals surface area contributed by atoms with Crippen molar-refractivity contribution in [3.8, 4) is 0 Å². The van der Waals surface area contributed by atoms with Crippen molar-refractivity contribution in [2.45, 2.75) is 25.2 Å². The van der Waals surface area contributed by atoms with Gasteiger partial charge in [-0.2, -0.15) is 0 Å². The predicted octanol–water partition coefficient (Wildman–Crippen LogP) is 3.24. The second-order valence-electron chi connectivity index (χ2n) is 4.26. The largest absolute Gasteiger partial charge is 0.383 e. The lowest BCUT2D eigenvalue weighted by Gasteiger charge is -2.24. The highest BCUT2D eigenvalue weighted by atomic mass is 79.9. The molecule has 16 heavy (non-hydrogen) atoms. The maximum Gasteiger partial charge on any atom is 0.135 e. The van der Waals surface area contributed by atoms with Crippen LogP contribution in [0.15, 0.2) is 22.7 Å². The fourth-order valence-corrected chi connectivity index (χ4v) is 2.34. The first-order valence-electron chi connectivity index (χ1n) is 5.47. The van der Waals surface area contributed by atoms with Crippen molar-refractivity contribution in [2.24, 2.45) is 0 Å². The van der Waals surface area contributed by atoms with Crippen LogP contribution in [0.25, 0.3) is 10.9 Å². The molecule has 2 aromatic rings. The summed E-state index contributed by atoms with van der Waals surface area (Å²) in [5.41, 5.74) is 6.89. The highest BCUT2D eigenvalue weighted by molar-refractivity contribution is 9.10. The van der Waals surface area contributed by atoms with Crippen LogP contribution in [0, 0.1) is 0 Å². The van der Waals surface area contributed by atoms with Gasteiger partial charge in [0.1, 0.15) is 11.6 Å². The van der Waals surface area contributed by atoms with Crippen molar-refractivity contribution >= 4 is 32.7 Å². The van der Waals surface area contributed by atoms with E-state index >= 15 is 0 Å². The van der Waals surface area contributed by atoms with Crippen LogP contribution in [0.5, 0.6) is 0 Å². The van der Waals surface area contributed by atoms with Crippen LogP contribution in [0.3, 0.4) is 0 Å². The number of aromatic nitrogens is 2. The van der Waals surface area contributed by atoms with Gasteiger partial charge in [-0.1, -0.05) is 22.4 Å². The monoisotopic (exact) mass is 277 g/mol. The number of rotatable bonds is 1. The summed E-state index contributed by atoms with van der Waals surface area (Å²) in [7, 11) is 0. The number of hydrogen-bond acceptors (Lipinski definition) is 3. The van der Waals surface area contributed by atoms with E-state index in [9.17, 15) is 0 Å². The maximum absolute atomic E-state index is 5.96. The lowest BCUT2D eigenvalue weighted by Crippen LogP contribution is -2.13. The molecule has 0 spiro atoms. The third-order valence-electron chi connectivity index (χ3n) is 3.18. The maximum atomic E-state index is 5.96. The number of halogens is 1. The van der Waals surface area contributed by atoms with Crippen LogP contribution in [-0.4, -0.2) is 9.97 Å².